The number of hydrogen-bond donors (Lipinski definition) is 0. The van der Waals surface area contributed by atoms with Gasteiger partial charge in [-0.15, -0.1) is 0 Å². The highest BCUT2D eigenvalue weighted by Crippen LogP contribution is 2.23. The molecule has 0 fully saturated rings. The predicted molar refractivity (Wildman–Crippen MR) is 63.0 cm³/mol. The van der Waals surface area contributed by atoms with Crippen LogP contribution in [-0.2, 0) is 24.2 Å². The van der Waals surface area contributed by atoms with E-state index in [4.69, 9.17) is 4.74 Å². The number of benzene rings is 1. The minimum absolute atomic E-state index is 0.789. The van der Waals surface area contributed by atoms with E-state index in [0.717, 1.165) is 13.2 Å². The molecular formula is C14H20O. The van der Waals surface area contributed by atoms with Crippen molar-refractivity contribution in [2.45, 2.75) is 45.6 Å². The van der Waals surface area contributed by atoms with Gasteiger partial charge in [-0.1, -0.05) is 38.0 Å². The van der Waals surface area contributed by atoms with Crippen molar-refractivity contribution < 1.29 is 4.74 Å². The average Bonchev–Trinajstić information content (AvgIpc) is 2.21. The molecule has 1 aromatic rings. The van der Waals surface area contributed by atoms with Gasteiger partial charge in [0.25, 0.3) is 0 Å². The molecule has 1 aliphatic rings. The van der Waals surface area contributed by atoms with Gasteiger partial charge >= 0.3 is 0 Å². The molecule has 0 radical (unpaired) electrons. The maximum absolute atomic E-state index is 5.64. The maximum atomic E-state index is 5.64. The average molecular weight is 204 g/mol. The van der Waals surface area contributed by atoms with Gasteiger partial charge in [-0.05, 0) is 36.0 Å². The van der Waals surface area contributed by atoms with Crippen LogP contribution < -0.4 is 0 Å². The smallest absolute Gasteiger partial charge is 0.0716 e. The normalized spacial score (nSPS) is 13.4. The molecule has 0 saturated heterocycles. The summed E-state index contributed by atoms with van der Waals surface area (Å²) >= 11 is 0. The van der Waals surface area contributed by atoms with Crippen LogP contribution in [0.25, 0.3) is 0 Å². The lowest BCUT2D eigenvalue weighted by Gasteiger charge is -2.19. The molecule has 0 bridgehead atoms. The van der Waals surface area contributed by atoms with Crippen molar-refractivity contribution in [1.82, 2.24) is 0 Å². The van der Waals surface area contributed by atoms with Gasteiger partial charge in [0, 0.05) is 6.61 Å². The molecule has 15 heavy (non-hydrogen) atoms. The third kappa shape index (κ3) is 2.82. The molecule has 82 valence electrons. The van der Waals surface area contributed by atoms with Crippen LogP contribution in [0.5, 0.6) is 0 Å². The first kappa shape index (κ1) is 10.7. The van der Waals surface area contributed by atoms with Gasteiger partial charge in [-0.3, -0.25) is 0 Å². The standard InChI is InChI=1S/C14H20O/c1-2-3-4-9-15-11-12-5-6-13-7-8-14(13)10-12/h5-6,10H,2-4,7-9,11H2,1H3. The Bertz CT molecular complexity index is 317. The molecule has 1 heteroatoms. The Hall–Kier alpha value is -0.820. The second-order valence-corrected chi connectivity index (χ2v) is 4.36. The van der Waals surface area contributed by atoms with Crippen molar-refractivity contribution in [3.63, 3.8) is 0 Å². The van der Waals surface area contributed by atoms with E-state index in [9.17, 15) is 0 Å². The van der Waals surface area contributed by atoms with Crippen LogP contribution in [0.3, 0.4) is 0 Å². The molecule has 0 amide bonds. The predicted octanol–water partition coefficient (Wildman–Crippen LogP) is 3.49. The van der Waals surface area contributed by atoms with Gasteiger partial charge in [-0.2, -0.15) is 0 Å². The van der Waals surface area contributed by atoms with Crippen LogP contribution in [0.2, 0.25) is 0 Å². The Morgan fingerprint density at radius 1 is 1.13 bits per heavy atom. The second-order valence-electron chi connectivity index (χ2n) is 4.36. The summed E-state index contributed by atoms with van der Waals surface area (Å²) in [6.45, 7) is 3.92. The van der Waals surface area contributed by atoms with Crippen LogP contribution in [0.1, 0.15) is 42.9 Å². The number of hydrogen-bond acceptors (Lipinski definition) is 1. The van der Waals surface area contributed by atoms with Crippen LogP contribution in [0, 0.1) is 0 Å². The summed E-state index contributed by atoms with van der Waals surface area (Å²) in [7, 11) is 0. The van der Waals surface area contributed by atoms with Crippen molar-refractivity contribution in [1.29, 1.82) is 0 Å². The van der Waals surface area contributed by atoms with E-state index in [1.54, 1.807) is 0 Å². The highest BCUT2D eigenvalue weighted by atomic mass is 16.5. The van der Waals surface area contributed by atoms with E-state index in [2.05, 4.69) is 25.1 Å². The van der Waals surface area contributed by atoms with E-state index in [0.29, 0.717) is 0 Å². The van der Waals surface area contributed by atoms with Crippen LogP contribution in [0.15, 0.2) is 18.2 Å². The fraction of sp³-hybridized carbons (Fsp3) is 0.571. The molecule has 1 nitrogen and oxygen atoms in total. The summed E-state index contributed by atoms with van der Waals surface area (Å²) in [5.74, 6) is 0. The SMILES string of the molecule is CCCCCOCc1ccc2c(c1)CC2. The van der Waals surface area contributed by atoms with Crippen molar-refractivity contribution in [3.8, 4) is 0 Å². The zero-order chi connectivity index (χ0) is 10.5. The first-order valence-electron chi connectivity index (χ1n) is 6.08. The first-order valence-corrected chi connectivity index (χ1v) is 6.08. The van der Waals surface area contributed by atoms with Gasteiger partial charge in [0.05, 0.1) is 6.61 Å². The van der Waals surface area contributed by atoms with Crippen LogP contribution >= 0.6 is 0 Å². The molecule has 0 spiro atoms. The number of unbranched alkanes of at least 4 members (excludes halogenated alkanes) is 2. The van der Waals surface area contributed by atoms with E-state index in [-0.39, 0.29) is 0 Å². The van der Waals surface area contributed by atoms with E-state index in [1.165, 1.54) is 48.8 Å². The summed E-state index contributed by atoms with van der Waals surface area (Å²) < 4.78 is 5.64. The fourth-order valence-corrected chi connectivity index (χ4v) is 1.98. The third-order valence-corrected chi connectivity index (χ3v) is 3.10. The molecule has 0 atom stereocenters. The van der Waals surface area contributed by atoms with Crippen LogP contribution in [0.4, 0.5) is 0 Å². The van der Waals surface area contributed by atoms with Gasteiger partial charge in [0.2, 0.25) is 0 Å². The Kier molecular flexibility index (Phi) is 3.79. The van der Waals surface area contributed by atoms with Gasteiger partial charge < -0.3 is 4.74 Å². The van der Waals surface area contributed by atoms with Crippen LogP contribution in [-0.4, -0.2) is 6.61 Å². The Morgan fingerprint density at radius 3 is 2.67 bits per heavy atom. The minimum Gasteiger partial charge on any atom is -0.377 e. The number of ether oxygens (including phenoxy) is 1. The molecule has 2 rings (SSSR count). The zero-order valence-corrected chi connectivity index (χ0v) is 9.59. The lowest BCUT2D eigenvalue weighted by molar-refractivity contribution is 0.117. The highest BCUT2D eigenvalue weighted by molar-refractivity contribution is 5.38. The monoisotopic (exact) mass is 204 g/mol. The molecule has 1 aliphatic carbocycles. The number of aryl methyl sites for hydroxylation is 2. The summed E-state index contributed by atoms with van der Waals surface area (Å²) in [5.41, 5.74) is 4.40. The topological polar surface area (TPSA) is 9.23 Å². The lowest BCUT2D eigenvalue weighted by atomic mass is 9.87. The third-order valence-electron chi connectivity index (χ3n) is 3.10. The molecular weight excluding hydrogens is 184 g/mol. The van der Waals surface area contributed by atoms with E-state index >= 15 is 0 Å². The Labute approximate surface area is 92.5 Å². The second kappa shape index (κ2) is 5.32. The summed E-state index contributed by atoms with van der Waals surface area (Å²) in [4.78, 5) is 0. The minimum atomic E-state index is 0.789. The van der Waals surface area contributed by atoms with Gasteiger partial charge in [0.1, 0.15) is 0 Å². The Balaban J connectivity index is 1.72. The van der Waals surface area contributed by atoms with Crippen molar-refractivity contribution in [2.24, 2.45) is 0 Å². The number of rotatable bonds is 6. The van der Waals surface area contributed by atoms with E-state index < -0.39 is 0 Å². The van der Waals surface area contributed by atoms with Gasteiger partial charge in [-0.25, -0.2) is 0 Å². The molecule has 0 aliphatic heterocycles. The maximum Gasteiger partial charge on any atom is 0.0716 e. The highest BCUT2D eigenvalue weighted by Gasteiger charge is 2.12. The first-order chi connectivity index (χ1) is 7.40. The van der Waals surface area contributed by atoms with Crippen molar-refractivity contribution in [3.05, 3.63) is 34.9 Å². The quantitative estimate of drug-likeness (QED) is 0.644. The summed E-state index contributed by atoms with van der Waals surface area (Å²) in [6, 6.07) is 6.76. The fourth-order valence-electron chi connectivity index (χ4n) is 1.98. The largest absolute Gasteiger partial charge is 0.377 e. The molecule has 0 saturated carbocycles. The molecule has 1 aromatic carbocycles. The molecule has 0 aromatic heterocycles. The summed E-state index contributed by atoms with van der Waals surface area (Å²) in [5, 5.41) is 0. The van der Waals surface area contributed by atoms with E-state index in [1.807, 2.05) is 0 Å². The van der Waals surface area contributed by atoms with Crippen molar-refractivity contribution >= 4 is 0 Å². The zero-order valence-electron chi connectivity index (χ0n) is 9.59. The number of fused-ring (bicyclic) bond motifs is 1. The molecule has 0 heterocycles. The molecule has 0 unspecified atom stereocenters. The lowest BCUT2D eigenvalue weighted by Crippen LogP contribution is -2.08. The summed E-state index contributed by atoms with van der Waals surface area (Å²) in [6.07, 6.45) is 6.28. The molecule has 0 N–H and O–H groups in total. The Morgan fingerprint density at radius 2 is 2.00 bits per heavy atom. The van der Waals surface area contributed by atoms with Crippen molar-refractivity contribution in [2.75, 3.05) is 6.61 Å². The van der Waals surface area contributed by atoms with Gasteiger partial charge in [0.15, 0.2) is 0 Å².